The topological polar surface area (TPSA) is 64.3 Å². The SMILES string of the molecule is CC(C)OC(=O)NCC1CCC(N)CC1. The molecule has 0 aromatic rings. The Hall–Kier alpha value is -0.770. The van der Waals surface area contributed by atoms with Gasteiger partial charge >= 0.3 is 6.09 Å². The van der Waals surface area contributed by atoms with Crippen molar-refractivity contribution in [2.75, 3.05) is 6.54 Å². The highest BCUT2D eigenvalue weighted by molar-refractivity contribution is 5.67. The van der Waals surface area contributed by atoms with Crippen molar-refractivity contribution in [3.05, 3.63) is 0 Å². The molecule has 1 saturated carbocycles. The van der Waals surface area contributed by atoms with E-state index in [1.54, 1.807) is 0 Å². The molecular formula is C11H22N2O2. The zero-order chi connectivity index (χ0) is 11.3. The fourth-order valence-electron chi connectivity index (χ4n) is 1.88. The third kappa shape index (κ3) is 5.02. The van der Waals surface area contributed by atoms with E-state index in [1.807, 2.05) is 13.8 Å². The van der Waals surface area contributed by atoms with Crippen LogP contribution in [0.5, 0.6) is 0 Å². The van der Waals surface area contributed by atoms with E-state index in [0.29, 0.717) is 12.0 Å². The molecule has 3 N–H and O–H groups in total. The summed E-state index contributed by atoms with van der Waals surface area (Å²) in [5.74, 6) is 0.574. The number of hydrogen-bond donors (Lipinski definition) is 2. The lowest BCUT2D eigenvalue weighted by Crippen LogP contribution is -2.35. The zero-order valence-electron chi connectivity index (χ0n) is 9.66. The summed E-state index contributed by atoms with van der Waals surface area (Å²) in [5.41, 5.74) is 5.81. The minimum absolute atomic E-state index is 0.0511. The van der Waals surface area contributed by atoms with Gasteiger partial charge in [-0.05, 0) is 45.4 Å². The fraction of sp³-hybridized carbons (Fsp3) is 0.909. The van der Waals surface area contributed by atoms with Crippen LogP contribution in [-0.4, -0.2) is 24.8 Å². The van der Waals surface area contributed by atoms with Gasteiger partial charge in [0.15, 0.2) is 0 Å². The van der Waals surface area contributed by atoms with Crippen molar-refractivity contribution < 1.29 is 9.53 Å². The number of nitrogens with two attached hydrogens (primary N) is 1. The molecule has 1 aliphatic carbocycles. The average molecular weight is 214 g/mol. The van der Waals surface area contributed by atoms with Crippen LogP contribution in [0.25, 0.3) is 0 Å². The first kappa shape index (κ1) is 12.3. The van der Waals surface area contributed by atoms with Crippen LogP contribution in [0.15, 0.2) is 0 Å². The van der Waals surface area contributed by atoms with Gasteiger partial charge in [0.25, 0.3) is 0 Å². The third-order valence-electron chi connectivity index (χ3n) is 2.77. The predicted octanol–water partition coefficient (Wildman–Crippen LogP) is 1.64. The van der Waals surface area contributed by atoms with Crippen LogP contribution in [0, 0.1) is 5.92 Å². The van der Waals surface area contributed by atoms with Crippen molar-refractivity contribution in [1.82, 2.24) is 5.32 Å². The summed E-state index contributed by atoms with van der Waals surface area (Å²) in [4.78, 5) is 11.2. The molecule has 0 spiro atoms. The van der Waals surface area contributed by atoms with Gasteiger partial charge in [-0.25, -0.2) is 4.79 Å². The largest absolute Gasteiger partial charge is 0.447 e. The van der Waals surface area contributed by atoms with Crippen molar-refractivity contribution in [2.24, 2.45) is 11.7 Å². The molecule has 1 fully saturated rings. The summed E-state index contributed by atoms with van der Waals surface area (Å²) in [6.45, 7) is 4.41. The van der Waals surface area contributed by atoms with E-state index in [9.17, 15) is 4.79 Å². The number of carbonyl (C=O) groups excluding carboxylic acids is 1. The number of amides is 1. The van der Waals surface area contributed by atoms with Crippen molar-refractivity contribution >= 4 is 6.09 Å². The Balaban J connectivity index is 2.12. The van der Waals surface area contributed by atoms with Crippen molar-refractivity contribution in [3.8, 4) is 0 Å². The Morgan fingerprint density at radius 3 is 2.53 bits per heavy atom. The number of hydrogen-bond acceptors (Lipinski definition) is 3. The first-order valence-corrected chi connectivity index (χ1v) is 5.78. The molecule has 15 heavy (non-hydrogen) atoms. The molecule has 1 rings (SSSR count). The molecule has 0 radical (unpaired) electrons. The molecule has 0 unspecified atom stereocenters. The lowest BCUT2D eigenvalue weighted by molar-refractivity contribution is 0.113. The van der Waals surface area contributed by atoms with Crippen molar-refractivity contribution in [1.29, 1.82) is 0 Å². The molecule has 88 valence electrons. The maximum Gasteiger partial charge on any atom is 0.407 e. The van der Waals surface area contributed by atoms with E-state index in [0.717, 1.165) is 32.2 Å². The molecule has 0 atom stereocenters. The number of ether oxygens (including phenoxy) is 1. The first-order chi connectivity index (χ1) is 7.08. The van der Waals surface area contributed by atoms with Crippen LogP contribution in [0.2, 0.25) is 0 Å². The molecule has 1 amide bonds. The summed E-state index contributed by atoms with van der Waals surface area (Å²) in [6.07, 6.45) is 4.02. The lowest BCUT2D eigenvalue weighted by Gasteiger charge is -2.26. The highest BCUT2D eigenvalue weighted by Crippen LogP contribution is 2.22. The van der Waals surface area contributed by atoms with Gasteiger partial charge in [0.2, 0.25) is 0 Å². The van der Waals surface area contributed by atoms with E-state index in [1.165, 1.54) is 0 Å². The maximum absolute atomic E-state index is 11.2. The summed E-state index contributed by atoms with van der Waals surface area (Å²) in [5, 5.41) is 2.80. The van der Waals surface area contributed by atoms with Crippen LogP contribution in [0.1, 0.15) is 39.5 Å². The molecule has 4 heteroatoms. The van der Waals surface area contributed by atoms with E-state index in [4.69, 9.17) is 10.5 Å². The van der Waals surface area contributed by atoms with Crippen LogP contribution >= 0.6 is 0 Å². The maximum atomic E-state index is 11.2. The quantitative estimate of drug-likeness (QED) is 0.750. The number of carbonyl (C=O) groups is 1. The van der Waals surface area contributed by atoms with E-state index < -0.39 is 0 Å². The second-order valence-electron chi connectivity index (χ2n) is 4.62. The van der Waals surface area contributed by atoms with Crippen LogP contribution < -0.4 is 11.1 Å². The second-order valence-corrected chi connectivity index (χ2v) is 4.62. The van der Waals surface area contributed by atoms with Gasteiger partial charge in [0, 0.05) is 12.6 Å². The van der Waals surface area contributed by atoms with Crippen LogP contribution in [-0.2, 0) is 4.74 Å². The van der Waals surface area contributed by atoms with Gasteiger partial charge in [-0.1, -0.05) is 0 Å². The van der Waals surface area contributed by atoms with Gasteiger partial charge < -0.3 is 15.8 Å². The minimum Gasteiger partial charge on any atom is -0.447 e. The molecule has 4 nitrogen and oxygen atoms in total. The molecule has 1 aliphatic rings. The number of alkyl carbamates (subject to hydrolysis) is 1. The standard InChI is InChI=1S/C11H22N2O2/c1-8(2)15-11(14)13-7-9-3-5-10(12)6-4-9/h8-10H,3-7,12H2,1-2H3,(H,13,14). The second kappa shape index (κ2) is 5.95. The molecule has 0 aromatic heterocycles. The molecule has 0 aliphatic heterocycles. The lowest BCUT2D eigenvalue weighted by atomic mass is 9.86. The highest BCUT2D eigenvalue weighted by atomic mass is 16.6. The third-order valence-corrected chi connectivity index (χ3v) is 2.77. The molecule has 0 saturated heterocycles. The molecule has 0 heterocycles. The molecule has 0 aromatic carbocycles. The normalized spacial score (nSPS) is 26.4. The Bertz CT molecular complexity index is 199. The van der Waals surface area contributed by atoms with E-state index in [2.05, 4.69) is 5.32 Å². The average Bonchev–Trinajstić information content (AvgIpc) is 2.16. The van der Waals surface area contributed by atoms with E-state index >= 15 is 0 Å². The van der Waals surface area contributed by atoms with Crippen molar-refractivity contribution in [2.45, 2.75) is 51.7 Å². The Morgan fingerprint density at radius 2 is 2.00 bits per heavy atom. The summed E-state index contributed by atoms with van der Waals surface area (Å²) >= 11 is 0. The predicted molar refractivity (Wildman–Crippen MR) is 59.6 cm³/mol. The Kier molecular flexibility index (Phi) is 4.88. The Labute approximate surface area is 91.5 Å². The van der Waals surface area contributed by atoms with Gasteiger partial charge in [0.1, 0.15) is 0 Å². The Morgan fingerprint density at radius 1 is 1.40 bits per heavy atom. The molecular weight excluding hydrogens is 192 g/mol. The number of nitrogens with one attached hydrogen (secondary N) is 1. The summed E-state index contributed by atoms with van der Waals surface area (Å²) < 4.78 is 4.99. The van der Waals surface area contributed by atoms with Crippen LogP contribution in [0.3, 0.4) is 0 Å². The van der Waals surface area contributed by atoms with Gasteiger partial charge in [0.05, 0.1) is 6.10 Å². The summed E-state index contributed by atoms with van der Waals surface area (Å²) in [7, 11) is 0. The summed E-state index contributed by atoms with van der Waals surface area (Å²) in [6, 6.07) is 0.365. The molecule has 0 bridgehead atoms. The first-order valence-electron chi connectivity index (χ1n) is 5.78. The van der Waals surface area contributed by atoms with Gasteiger partial charge in [-0.3, -0.25) is 0 Å². The van der Waals surface area contributed by atoms with Gasteiger partial charge in [-0.15, -0.1) is 0 Å². The van der Waals surface area contributed by atoms with Crippen LogP contribution in [0.4, 0.5) is 4.79 Å². The van der Waals surface area contributed by atoms with Gasteiger partial charge in [-0.2, -0.15) is 0 Å². The monoisotopic (exact) mass is 214 g/mol. The highest BCUT2D eigenvalue weighted by Gasteiger charge is 2.19. The number of rotatable bonds is 3. The van der Waals surface area contributed by atoms with Crippen molar-refractivity contribution in [3.63, 3.8) is 0 Å². The van der Waals surface area contributed by atoms with E-state index in [-0.39, 0.29) is 12.2 Å². The zero-order valence-corrected chi connectivity index (χ0v) is 9.66. The fourth-order valence-corrected chi connectivity index (χ4v) is 1.88. The minimum atomic E-state index is -0.306. The smallest absolute Gasteiger partial charge is 0.407 e.